The van der Waals surface area contributed by atoms with E-state index >= 15 is 0 Å². The highest BCUT2D eigenvalue weighted by Gasteiger charge is 2.26. The number of hydrogen-bond donors (Lipinski definition) is 0. The van der Waals surface area contributed by atoms with E-state index in [1.807, 2.05) is 43.3 Å². The molecule has 2 aromatic carbocycles. The van der Waals surface area contributed by atoms with Crippen molar-refractivity contribution >= 4 is 35.2 Å². The maximum Gasteiger partial charge on any atom is 0.363 e. The number of carbonyl (C=O) groups is 1. The van der Waals surface area contributed by atoms with Crippen molar-refractivity contribution in [1.29, 1.82) is 0 Å². The van der Waals surface area contributed by atoms with Crippen molar-refractivity contribution in [2.24, 2.45) is 4.99 Å². The van der Waals surface area contributed by atoms with Gasteiger partial charge in [-0.15, -0.1) is 0 Å². The number of ether oxygens (including phenoxy) is 2. The van der Waals surface area contributed by atoms with Gasteiger partial charge in [0, 0.05) is 24.8 Å². The van der Waals surface area contributed by atoms with Gasteiger partial charge in [-0.05, 0) is 42.0 Å². The molecule has 1 aliphatic rings. The molecule has 0 spiro atoms. The molecule has 0 unspecified atom stereocenters. The van der Waals surface area contributed by atoms with Gasteiger partial charge >= 0.3 is 5.97 Å². The second-order valence-electron chi connectivity index (χ2n) is 5.67. The lowest BCUT2D eigenvalue weighted by Crippen LogP contribution is -2.08. The van der Waals surface area contributed by atoms with Crippen LogP contribution in [0, 0.1) is 0 Å². The van der Waals surface area contributed by atoms with Crippen LogP contribution in [0.3, 0.4) is 0 Å². The number of carbonyl (C=O) groups excluding carboxylic acids is 1. The van der Waals surface area contributed by atoms with E-state index in [-0.39, 0.29) is 11.6 Å². The molecule has 0 saturated carbocycles. The Morgan fingerprint density at radius 3 is 2.52 bits per heavy atom. The Kier molecular flexibility index (Phi) is 4.76. The highest BCUT2D eigenvalue weighted by atomic mass is 35.5. The zero-order valence-corrected chi connectivity index (χ0v) is 14.9. The number of anilines is 1. The van der Waals surface area contributed by atoms with E-state index in [0.717, 1.165) is 11.3 Å². The van der Waals surface area contributed by atoms with E-state index in [0.29, 0.717) is 16.3 Å². The summed E-state index contributed by atoms with van der Waals surface area (Å²) in [6, 6.07) is 12.8. The van der Waals surface area contributed by atoms with E-state index in [2.05, 4.69) is 4.99 Å². The highest BCUT2D eigenvalue weighted by Crippen LogP contribution is 2.28. The number of esters is 1. The van der Waals surface area contributed by atoms with Crippen LogP contribution in [0.4, 0.5) is 5.69 Å². The zero-order chi connectivity index (χ0) is 18.0. The highest BCUT2D eigenvalue weighted by molar-refractivity contribution is 6.31. The molecule has 3 rings (SSSR count). The topological polar surface area (TPSA) is 51.1 Å². The second-order valence-corrected chi connectivity index (χ2v) is 6.10. The van der Waals surface area contributed by atoms with Gasteiger partial charge in [0.2, 0.25) is 5.90 Å². The lowest BCUT2D eigenvalue weighted by atomic mass is 10.1. The van der Waals surface area contributed by atoms with Crippen LogP contribution in [0.1, 0.15) is 11.1 Å². The third kappa shape index (κ3) is 3.67. The maximum atomic E-state index is 12.1. The average Bonchev–Trinajstić information content (AvgIpc) is 2.96. The first-order valence-corrected chi connectivity index (χ1v) is 7.99. The molecule has 5 nitrogen and oxygen atoms in total. The van der Waals surface area contributed by atoms with Crippen molar-refractivity contribution < 1.29 is 14.3 Å². The molecule has 0 fully saturated rings. The Morgan fingerprint density at radius 1 is 1.16 bits per heavy atom. The minimum absolute atomic E-state index is 0.181. The van der Waals surface area contributed by atoms with Gasteiger partial charge in [0.1, 0.15) is 5.75 Å². The largest absolute Gasteiger partial charge is 0.496 e. The predicted molar refractivity (Wildman–Crippen MR) is 99.4 cm³/mol. The maximum absolute atomic E-state index is 12.1. The molecule has 25 heavy (non-hydrogen) atoms. The third-order valence-corrected chi connectivity index (χ3v) is 3.96. The molecule has 0 bridgehead atoms. The van der Waals surface area contributed by atoms with E-state index in [9.17, 15) is 4.79 Å². The Bertz CT molecular complexity index is 871. The lowest BCUT2D eigenvalue weighted by molar-refractivity contribution is -0.129. The van der Waals surface area contributed by atoms with E-state index in [1.54, 1.807) is 24.3 Å². The predicted octanol–water partition coefficient (Wildman–Crippen LogP) is 3.76. The molecule has 128 valence electrons. The van der Waals surface area contributed by atoms with Crippen molar-refractivity contribution in [2.75, 3.05) is 26.1 Å². The van der Waals surface area contributed by atoms with Gasteiger partial charge in [-0.3, -0.25) is 0 Å². The molecule has 6 heteroatoms. The SMILES string of the molecule is COc1ccc(Cl)cc1C1=NC(=Cc2ccc(N(C)C)cc2)C(=O)O1. The summed E-state index contributed by atoms with van der Waals surface area (Å²) in [7, 11) is 5.47. The Balaban J connectivity index is 1.94. The first-order valence-electron chi connectivity index (χ1n) is 7.62. The Morgan fingerprint density at radius 2 is 1.88 bits per heavy atom. The first kappa shape index (κ1) is 17.0. The number of cyclic esters (lactones) is 1. The number of halogens is 1. The molecule has 2 aromatic rings. The van der Waals surface area contributed by atoms with Crippen LogP contribution < -0.4 is 9.64 Å². The van der Waals surface area contributed by atoms with Crippen LogP contribution in [0.5, 0.6) is 5.75 Å². The molecule has 0 amide bonds. The molecule has 0 saturated heterocycles. The molecule has 1 aliphatic heterocycles. The molecular weight excluding hydrogens is 340 g/mol. The summed E-state index contributed by atoms with van der Waals surface area (Å²) in [5.74, 6) is 0.210. The average molecular weight is 357 g/mol. The van der Waals surface area contributed by atoms with Gasteiger partial charge in [0.15, 0.2) is 5.70 Å². The van der Waals surface area contributed by atoms with E-state index in [4.69, 9.17) is 21.1 Å². The lowest BCUT2D eigenvalue weighted by Gasteiger charge is -2.11. The molecule has 0 radical (unpaired) electrons. The molecular formula is C19H17ClN2O3. The number of nitrogens with zero attached hydrogens (tertiary/aromatic N) is 2. The monoisotopic (exact) mass is 356 g/mol. The van der Waals surface area contributed by atoms with Crippen molar-refractivity contribution in [3.8, 4) is 5.75 Å². The number of rotatable bonds is 4. The number of hydrogen-bond acceptors (Lipinski definition) is 5. The summed E-state index contributed by atoms with van der Waals surface area (Å²) in [5.41, 5.74) is 2.70. The first-order chi connectivity index (χ1) is 12.0. The van der Waals surface area contributed by atoms with Gasteiger partial charge in [0.05, 0.1) is 12.7 Å². The summed E-state index contributed by atoms with van der Waals surface area (Å²) in [4.78, 5) is 18.4. The minimum atomic E-state index is -0.506. The van der Waals surface area contributed by atoms with Gasteiger partial charge in [-0.1, -0.05) is 23.7 Å². The van der Waals surface area contributed by atoms with Crippen molar-refractivity contribution in [3.63, 3.8) is 0 Å². The van der Waals surface area contributed by atoms with Gasteiger partial charge in [-0.2, -0.15) is 0 Å². The van der Waals surface area contributed by atoms with E-state index < -0.39 is 5.97 Å². The van der Waals surface area contributed by atoms with Crippen molar-refractivity contribution in [2.45, 2.75) is 0 Å². The van der Waals surface area contributed by atoms with Crippen LogP contribution in [-0.2, 0) is 9.53 Å². The van der Waals surface area contributed by atoms with Gasteiger partial charge in [0.25, 0.3) is 0 Å². The van der Waals surface area contributed by atoms with Crippen molar-refractivity contribution in [3.05, 3.63) is 64.3 Å². The Labute approximate surface area is 151 Å². The van der Waals surface area contributed by atoms with Crippen LogP contribution >= 0.6 is 11.6 Å². The second kappa shape index (κ2) is 6.99. The molecule has 0 atom stereocenters. The standard InChI is InChI=1S/C19H17ClN2O3/c1-22(2)14-7-4-12(5-8-14)10-16-19(23)25-18(21-16)15-11-13(20)6-9-17(15)24-3/h4-11H,1-3H3. The molecule has 0 aromatic heterocycles. The quantitative estimate of drug-likeness (QED) is 0.618. The van der Waals surface area contributed by atoms with Gasteiger partial charge in [-0.25, -0.2) is 9.79 Å². The summed E-state index contributed by atoms with van der Waals surface area (Å²) in [6.07, 6.45) is 1.69. The zero-order valence-electron chi connectivity index (χ0n) is 14.1. The Hall–Kier alpha value is -2.79. The number of benzene rings is 2. The van der Waals surface area contributed by atoms with Crippen LogP contribution in [-0.4, -0.2) is 33.1 Å². The fourth-order valence-corrected chi connectivity index (χ4v) is 2.57. The van der Waals surface area contributed by atoms with Crippen molar-refractivity contribution in [1.82, 2.24) is 0 Å². The number of methoxy groups -OCH3 is 1. The summed E-state index contributed by atoms with van der Waals surface area (Å²) in [6.45, 7) is 0. The van der Waals surface area contributed by atoms with Crippen LogP contribution in [0.2, 0.25) is 5.02 Å². The van der Waals surface area contributed by atoms with E-state index in [1.165, 1.54) is 7.11 Å². The molecule has 1 heterocycles. The summed E-state index contributed by atoms with van der Waals surface area (Å²) >= 11 is 6.03. The third-order valence-electron chi connectivity index (χ3n) is 3.73. The molecule has 0 N–H and O–H groups in total. The summed E-state index contributed by atoms with van der Waals surface area (Å²) in [5, 5.41) is 0.506. The normalized spacial score (nSPS) is 15.1. The minimum Gasteiger partial charge on any atom is -0.496 e. The fraction of sp³-hybridized carbons (Fsp3) is 0.158. The van der Waals surface area contributed by atoms with Crippen LogP contribution in [0.25, 0.3) is 6.08 Å². The molecule has 0 aliphatic carbocycles. The smallest absolute Gasteiger partial charge is 0.363 e. The number of aliphatic imine (C=N–C) groups is 1. The van der Waals surface area contributed by atoms with Gasteiger partial charge < -0.3 is 14.4 Å². The summed E-state index contributed by atoms with van der Waals surface area (Å²) < 4.78 is 10.6. The van der Waals surface area contributed by atoms with Crippen LogP contribution in [0.15, 0.2) is 53.2 Å². The fourth-order valence-electron chi connectivity index (χ4n) is 2.40.